The minimum Gasteiger partial charge on any atom is -0.389 e. The van der Waals surface area contributed by atoms with Crippen molar-refractivity contribution in [2.75, 3.05) is 0 Å². The molecule has 2 nitrogen and oxygen atoms in total. The summed E-state index contributed by atoms with van der Waals surface area (Å²) in [5, 5.41) is 21.3. The third-order valence-corrected chi connectivity index (χ3v) is 5.94. The first-order valence-corrected chi connectivity index (χ1v) is 5.63. The van der Waals surface area contributed by atoms with Crippen molar-refractivity contribution in [2.45, 2.75) is 30.5 Å². The molecule has 0 aliphatic heterocycles. The highest BCUT2D eigenvalue weighted by atomic mass is 16.3. The normalized spacial score (nSPS) is 85.4. The second-order valence-electron chi connectivity index (χ2n) is 6.12. The van der Waals surface area contributed by atoms with Gasteiger partial charge in [-0.2, -0.15) is 0 Å². The summed E-state index contributed by atoms with van der Waals surface area (Å²) < 4.78 is 0. The van der Waals surface area contributed by atoms with Gasteiger partial charge in [0, 0.05) is 0 Å². The number of hydrogen-bond donors (Lipinski definition) is 2. The Morgan fingerprint density at radius 2 is 0.846 bits per heavy atom. The first kappa shape index (κ1) is 6.41. The predicted octanol–water partition coefficient (Wildman–Crippen LogP) is 0.384. The molecule has 6 atom stereocenters. The summed E-state index contributed by atoms with van der Waals surface area (Å²) in [5.74, 6) is 2.94. The smallest absolute Gasteiger partial charge is 0.0743 e. The highest BCUT2D eigenvalue weighted by Crippen LogP contribution is 2.85. The van der Waals surface area contributed by atoms with Gasteiger partial charge >= 0.3 is 0 Å². The Hall–Kier alpha value is -0.0800. The maximum Gasteiger partial charge on any atom is 0.0743 e. The van der Waals surface area contributed by atoms with Crippen LogP contribution in [0, 0.1) is 35.5 Å². The Labute approximate surface area is 76.9 Å². The third kappa shape index (κ3) is 0.403. The van der Waals surface area contributed by atoms with Crippen LogP contribution in [0.5, 0.6) is 0 Å². The van der Waals surface area contributed by atoms with E-state index in [1.165, 1.54) is 0 Å². The first-order chi connectivity index (χ1) is 6.18. The molecule has 6 saturated carbocycles. The number of hydrogen-bond acceptors (Lipinski definition) is 2. The van der Waals surface area contributed by atoms with Gasteiger partial charge < -0.3 is 10.2 Å². The van der Waals surface area contributed by atoms with Crippen molar-refractivity contribution >= 4 is 0 Å². The Kier molecular flexibility index (Phi) is 0.647. The molecule has 0 aromatic rings. The summed E-state index contributed by atoms with van der Waals surface area (Å²) in [6.45, 7) is 0. The van der Waals surface area contributed by atoms with Crippen molar-refractivity contribution in [2.24, 2.45) is 35.5 Å². The molecule has 0 aromatic heterocycles. The van der Waals surface area contributed by atoms with E-state index < -0.39 is 0 Å². The predicted molar refractivity (Wildman–Crippen MR) is 44.7 cm³/mol. The lowest BCUT2D eigenvalue weighted by Crippen LogP contribution is -2.56. The van der Waals surface area contributed by atoms with Crippen LogP contribution in [0.4, 0.5) is 0 Å². The van der Waals surface area contributed by atoms with Crippen molar-refractivity contribution < 1.29 is 10.2 Å². The van der Waals surface area contributed by atoms with E-state index in [1.807, 2.05) is 0 Å². The molecule has 2 N–H and O–H groups in total. The van der Waals surface area contributed by atoms with Crippen LogP contribution in [0.1, 0.15) is 19.3 Å². The van der Waals surface area contributed by atoms with Crippen molar-refractivity contribution in [1.82, 2.24) is 0 Å². The van der Waals surface area contributed by atoms with Crippen LogP contribution in [0.2, 0.25) is 0 Å². The van der Waals surface area contributed by atoms with Gasteiger partial charge in [0.15, 0.2) is 0 Å². The van der Waals surface area contributed by atoms with Gasteiger partial charge in [-0.15, -0.1) is 0 Å². The largest absolute Gasteiger partial charge is 0.389 e. The monoisotopic (exact) mass is 178 g/mol. The van der Waals surface area contributed by atoms with Crippen LogP contribution < -0.4 is 0 Å². The van der Waals surface area contributed by atoms with E-state index >= 15 is 0 Å². The molecule has 6 rings (SSSR count). The fraction of sp³-hybridized carbons (Fsp3) is 1.00. The van der Waals surface area contributed by atoms with E-state index in [-0.39, 0.29) is 11.2 Å². The Balaban J connectivity index is 1.81. The van der Waals surface area contributed by atoms with Crippen LogP contribution in [0.15, 0.2) is 0 Å². The highest BCUT2D eigenvalue weighted by Gasteiger charge is 2.89. The van der Waals surface area contributed by atoms with Crippen LogP contribution in [0.25, 0.3) is 0 Å². The quantitative estimate of drug-likeness (QED) is 0.563. The SMILES string of the molecule is OC12C3CC3C(O)(C3CC31)C1CC12. The second-order valence-corrected chi connectivity index (χ2v) is 6.12. The minimum atomic E-state index is -0.301. The summed E-state index contributed by atoms with van der Waals surface area (Å²) in [7, 11) is 0. The topological polar surface area (TPSA) is 40.5 Å². The molecule has 0 saturated heterocycles. The van der Waals surface area contributed by atoms with E-state index in [2.05, 4.69) is 0 Å². The van der Waals surface area contributed by atoms with E-state index in [0.29, 0.717) is 35.5 Å². The second kappa shape index (κ2) is 1.31. The van der Waals surface area contributed by atoms with Crippen LogP contribution in [-0.2, 0) is 0 Å². The molecule has 6 unspecified atom stereocenters. The molecule has 6 aliphatic carbocycles. The number of rotatable bonds is 0. The van der Waals surface area contributed by atoms with Gasteiger partial charge in [-0.3, -0.25) is 0 Å². The molecule has 6 fully saturated rings. The van der Waals surface area contributed by atoms with E-state index in [1.54, 1.807) is 0 Å². The molecule has 0 spiro atoms. The van der Waals surface area contributed by atoms with E-state index in [4.69, 9.17) is 0 Å². The maximum atomic E-state index is 10.7. The zero-order chi connectivity index (χ0) is 8.59. The van der Waals surface area contributed by atoms with Gasteiger partial charge in [0.2, 0.25) is 0 Å². The molecule has 0 heterocycles. The van der Waals surface area contributed by atoms with E-state index in [0.717, 1.165) is 19.3 Å². The molecule has 6 aliphatic rings. The van der Waals surface area contributed by atoms with Gasteiger partial charge in [-0.05, 0) is 54.8 Å². The summed E-state index contributed by atoms with van der Waals surface area (Å²) in [5.41, 5.74) is -0.602. The Bertz CT molecular complexity index is 259. The standard InChI is InChI=1S/C11H14O2/c12-10-4-1-5(4)11(13,7-2-6(7)10)9-3-8(9)10/h4-9,12-13H,1-3H2. The Morgan fingerprint density at radius 3 is 1.08 bits per heavy atom. The zero-order valence-corrected chi connectivity index (χ0v) is 7.48. The van der Waals surface area contributed by atoms with Crippen molar-refractivity contribution in [3.05, 3.63) is 0 Å². The van der Waals surface area contributed by atoms with Gasteiger partial charge in [0.05, 0.1) is 11.2 Å². The van der Waals surface area contributed by atoms with Crippen LogP contribution in [0.3, 0.4) is 0 Å². The first-order valence-electron chi connectivity index (χ1n) is 5.63. The lowest BCUT2D eigenvalue weighted by molar-refractivity contribution is -0.162. The van der Waals surface area contributed by atoms with Gasteiger partial charge in [0.1, 0.15) is 0 Å². The van der Waals surface area contributed by atoms with Crippen molar-refractivity contribution in [3.8, 4) is 0 Å². The molecule has 0 radical (unpaired) electrons. The average Bonchev–Trinajstić information content (AvgIpc) is 3.00. The lowest BCUT2D eigenvalue weighted by atomic mass is 9.65. The molecule has 13 heavy (non-hydrogen) atoms. The third-order valence-electron chi connectivity index (χ3n) is 5.94. The average molecular weight is 178 g/mol. The summed E-state index contributed by atoms with van der Waals surface area (Å²) in [4.78, 5) is 0. The van der Waals surface area contributed by atoms with Crippen LogP contribution >= 0.6 is 0 Å². The van der Waals surface area contributed by atoms with Gasteiger partial charge in [-0.1, -0.05) is 0 Å². The van der Waals surface area contributed by atoms with E-state index in [9.17, 15) is 10.2 Å². The fourth-order valence-corrected chi connectivity index (χ4v) is 5.30. The minimum absolute atomic E-state index is 0.301. The zero-order valence-electron chi connectivity index (χ0n) is 7.48. The molecular weight excluding hydrogens is 164 g/mol. The fourth-order valence-electron chi connectivity index (χ4n) is 5.30. The highest BCUT2D eigenvalue weighted by molar-refractivity contribution is 5.38. The summed E-state index contributed by atoms with van der Waals surface area (Å²) in [6, 6.07) is 0. The van der Waals surface area contributed by atoms with Crippen LogP contribution in [-0.4, -0.2) is 21.4 Å². The van der Waals surface area contributed by atoms with Crippen molar-refractivity contribution in [1.29, 1.82) is 0 Å². The maximum absolute atomic E-state index is 10.7. The Morgan fingerprint density at radius 1 is 0.615 bits per heavy atom. The lowest BCUT2D eigenvalue weighted by Gasteiger charge is -2.46. The molecule has 70 valence electrons. The van der Waals surface area contributed by atoms with Gasteiger partial charge in [0.25, 0.3) is 0 Å². The molecule has 2 bridgehead atoms. The molecule has 0 amide bonds. The summed E-state index contributed by atoms with van der Waals surface area (Å²) >= 11 is 0. The van der Waals surface area contributed by atoms with Crippen molar-refractivity contribution in [3.63, 3.8) is 0 Å². The molecular formula is C11H14O2. The van der Waals surface area contributed by atoms with Gasteiger partial charge in [-0.25, -0.2) is 0 Å². The molecule has 2 heteroatoms. The number of aliphatic hydroxyl groups is 2. The molecule has 0 aromatic carbocycles. The summed E-state index contributed by atoms with van der Waals surface area (Å²) in [6.07, 6.45) is 3.35.